The normalized spacial score (nSPS) is 12.7. The van der Waals surface area contributed by atoms with E-state index in [-0.39, 0.29) is 11.1 Å². The molecule has 0 saturated heterocycles. The number of rotatable bonds is 3. The van der Waals surface area contributed by atoms with Crippen molar-refractivity contribution < 1.29 is 8.81 Å². The lowest BCUT2D eigenvalue weighted by molar-refractivity contribution is 0.554. The van der Waals surface area contributed by atoms with E-state index in [1.165, 1.54) is 12.1 Å². The number of fused-ring (bicyclic) bond motifs is 1. The molecule has 0 amide bonds. The Hall–Kier alpha value is -2.11. The van der Waals surface area contributed by atoms with Crippen molar-refractivity contribution in [3.63, 3.8) is 0 Å². The van der Waals surface area contributed by atoms with Gasteiger partial charge in [-0.15, -0.1) is 0 Å². The number of aromatic nitrogens is 1. The SMILES string of the molecule is CNC(c1ccc(Cl)c(F)c1)c1ccc2[nH]c(=O)oc2c1. The van der Waals surface area contributed by atoms with Crippen LogP contribution in [0.25, 0.3) is 11.1 Å². The van der Waals surface area contributed by atoms with E-state index in [1.807, 2.05) is 6.07 Å². The van der Waals surface area contributed by atoms with Crippen molar-refractivity contribution in [3.05, 3.63) is 68.9 Å². The van der Waals surface area contributed by atoms with Gasteiger partial charge >= 0.3 is 5.76 Å². The lowest BCUT2D eigenvalue weighted by atomic mass is 9.98. The Morgan fingerprint density at radius 1 is 1.24 bits per heavy atom. The Morgan fingerprint density at radius 2 is 1.95 bits per heavy atom. The molecule has 3 rings (SSSR count). The number of H-pyrrole nitrogens is 1. The van der Waals surface area contributed by atoms with E-state index in [2.05, 4.69) is 10.3 Å². The lowest BCUT2D eigenvalue weighted by Gasteiger charge is -2.17. The summed E-state index contributed by atoms with van der Waals surface area (Å²) in [5, 5.41) is 3.20. The molecule has 0 aliphatic rings. The fourth-order valence-electron chi connectivity index (χ4n) is 2.36. The van der Waals surface area contributed by atoms with Gasteiger partial charge in [-0.25, -0.2) is 9.18 Å². The van der Waals surface area contributed by atoms with Crippen LogP contribution in [0.3, 0.4) is 0 Å². The van der Waals surface area contributed by atoms with Crippen LogP contribution in [0.5, 0.6) is 0 Å². The van der Waals surface area contributed by atoms with Gasteiger partial charge in [0.15, 0.2) is 5.58 Å². The van der Waals surface area contributed by atoms with Crippen molar-refractivity contribution in [2.24, 2.45) is 0 Å². The molecule has 0 saturated carbocycles. The molecular weight excluding hydrogens is 295 g/mol. The zero-order valence-corrected chi connectivity index (χ0v) is 11.9. The van der Waals surface area contributed by atoms with E-state index in [0.717, 1.165) is 11.1 Å². The molecule has 0 fully saturated rings. The highest BCUT2D eigenvalue weighted by molar-refractivity contribution is 6.30. The molecule has 3 aromatic rings. The Bertz CT molecular complexity index is 856. The molecule has 21 heavy (non-hydrogen) atoms. The summed E-state index contributed by atoms with van der Waals surface area (Å²) >= 11 is 5.71. The summed E-state index contributed by atoms with van der Waals surface area (Å²) in [6, 6.07) is 9.78. The summed E-state index contributed by atoms with van der Waals surface area (Å²) in [6.45, 7) is 0. The minimum Gasteiger partial charge on any atom is -0.408 e. The second kappa shape index (κ2) is 5.35. The first-order chi connectivity index (χ1) is 10.1. The van der Waals surface area contributed by atoms with E-state index in [9.17, 15) is 9.18 Å². The van der Waals surface area contributed by atoms with Crippen LogP contribution in [-0.2, 0) is 0 Å². The average Bonchev–Trinajstić information content (AvgIpc) is 2.83. The molecule has 108 valence electrons. The van der Waals surface area contributed by atoms with Gasteiger partial charge in [-0.2, -0.15) is 0 Å². The van der Waals surface area contributed by atoms with Crippen molar-refractivity contribution in [1.29, 1.82) is 0 Å². The molecule has 0 aliphatic heterocycles. The maximum atomic E-state index is 13.6. The van der Waals surface area contributed by atoms with Crippen LogP contribution in [0.1, 0.15) is 17.2 Å². The van der Waals surface area contributed by atoms with Gasteiger partial charge in [0, 0.05) is 0 Å². The molecule has 6 heteroatoms. The average molecular weight is 307 g/mol. The third-order valence-electron chi connectivity index (χ3n) is 3.34. The minimum absolute atomic E-state index is 0.0840. The van der Waals surface area contributed by atoms with E-state index >= 15 is 0 Å². The van der Waals surface area contributed by atoms with Crippen molar-refractivity contribution >= 4 is 22.7 Å². The smallest absolute Gasteiger partial charge is 0.408 e. The number of hydrogen-bond donors (Lipinski definition) is 2. The molecule has 1 aromatic heterocycles. The van der Waals surface area contributed by atoms with Gasteiger partial charge in [-0.1, -0.05) is 23.7 Å². The van der Waals surface area contributed by atoms with Gasteiger partial charge in [0.2, 0.25) is 0 Å². The Labute approximate surface area is 124 Å². The highest BCUT2D eigenvalue weighted by atomic mass is 35.5. The Morgan fingerprint density at radius 3 is 2.67 bits per heavy atom. The molecule has 1 atom stereocenters. The molecular formula is C15H12ClFN2O2. The Balaban J connectivity index is 2.08. The topological polar surface area (TPSA) is 58.0 Å². The minimum atomic E-state index is -0.499. The second-order valence-electron chi connectivity index (χ2n) is 4.67. The quantitative estimate of drug-likeness (QED) is 0.781. The van der Waals surface area contributed by atoms with Gasteiger partial charge in [-0.05, 0) is 42.4 Å². The van der Waals surface area contributed by atoms with Gasteiger partial charge < -0.3 is 9.73 Å². The highest BCUT2D eigenvalue weighted by Crippen LogP contribution is 2.27. The van der Waals surface area contributed by atoms with Crippen LogP contribution in [0.4, 0.5) is 4.39 Å². The van der Waals surface area contributed by atoms with E-state index in [1.54, 1.807) is 25.2 Å². The zero-order valence-electron chi connectivity index (χ0n) is 11.1. The van der Waals surface area contributed by atoms with Crippen LogP contribution in [0, 0.1) is 5.82 Å². The first kappa shape index (κ1) is 13.9. The van der Waals surface area contributed by atoms with E-state index in [0.29, 0.717) is 11.1 Å². The van der Waals surface area contributed by atoms with Crippen molar-refractivity contribution in [3.8, 4) is 0 Å². The van der Waals surface area contributed by atoms with Gasteiger partial charge in [0.05, 0.1) is 16.6 Å². The summed E-state index contributed by atoms with van der Waals surface area (Å²) in [5.74, 6) is -0.968. The monoisotopic (exact) mass is 306 g/mol. The van der Waals surface area contributed by atoms with Gasteiger partial charge in [0.25, 0.3) is 0 Å². The molecule has 0 spiro atoms. The van der Waals surface area contributed by atoms with Crippen molar-refractivity contribution in [2.75, 3.05) is 7.05 Å². The molecule has 2 N–H and O–H groups in total. The van der Waals surface area contributed by atoms with Gasteiger partial charge in [-0.3, -0.25) is 4.98 Å². The number of halogens is 2. The largest absolute Gasteiger partial charge is 0.417 e. The first-order valence-electron chi connectivity index (χ1n) is 6.33. The molecule has 2 aromatic carbocycles. The molecule has 0 bridgehead atoms. The van der Waals surface area contributed by atoms with Gasteiger partial charge in [0.1, 0.15) is 5.82 Å². The molecule has 1 unspecified atom stereocenters. The summed E-state index contributed by atoms with van der Waals surface area (Å²) < 4.78 is 18.7. The summed E-state index contributed by atoms with van der Waals surface area (Å²) in [4.78, 5) is 13.8. The molecule has 1 heterocycles. The number of aromatic amines is 1. The predicted octanol–water partition coefficient (Wildman–Crippen LogP) is 3.22. The highest BCUT2D eigenvalue weighted by Gasteiger charge is 2.15. The van der Waals surface area contributed by atoms with Crippen molar-refractivity contribution in [1.82, 2.24) is 10.3 Å². The standard InChI is InChI=1S/C15H12ClFN2O2/c1-18-14(8-2-4-10(16)11(17)6-8)9-3-5-12-13(7-9)21-15(20)19-12/h2-7,14,18H,1H3,(H,19,20). The van der Waals surface area contributed by atoms with Crippen LogP contribution in [0.15, 0.2) is 45.6 Å². The summed E-state index contributed by atoms with van der Waals surface area (Å²) in [5.41, 5.74) is 2.68. The molecule has 4 nitrogen and oxygen atoms in total. The maximum Gasteiger partial charge on any atom is 0.417 e. The third-order valence-corrected chi connectivity index (χ3v) is 3.65. The third kappa shape index (κ3) is 2.57. The maximum absolute atomic E-state index is 13.6. The molecule has 0 radical (unpaired) electrons. The van der Waals surface area contributed by atoms with Crippen LogP contribution in [0.2, 0.25) is 5.02 Å². The van der Waals surface area contributed by atoms with Crippen LogP contribution < -0.4 is 11.1 Å². The first-order valence-corrected chi connectivity index (χ1v) is 6.71. The fourth-order valence-corrected chi connectivity index (χ4v) is 2.48. The number of benzene rings is 2. The summed E-state index contributed by atoms with van der Waals surface area (Å²) in [7, 11) is 1.77. The second-order valence-corrected chi connectivity index (χ2v) is 5.07. The molecule has 0 aliphatic carbocycles. The number of hydrogen-bond acceptors (Lipinski definition) is 3. The van der Waals surface area contributed by atoms with E-state index < -0.39 is 11.6 Å². The zero-order chi connectivity index (χ0) is 15.0. The number of nitrogens with one attached hydrogen (secondary N) is 2. The Kier molecular flexibility index (Phi) is 3.53. The summed E-state index contributed by atoms with van der Waals surface area (Å²) in [6.07, 6.45) is 0. The van der Waals surface area contributed by atoms with Crippen LogP contribution >= 0.6 is 11.6 Å². The van der Waals surface area contributed by atoms with Crippen molar-refractivity contribution in [2.45, 2.75) is 6.04 Å². The van der Waals surface area contributed by atoms with Crippen LogP contribution in [-0.4, -0.2) is 12.0 Å². The predicted molar refractivity (Wildman–Crippen MR) is 79.1 cm³/mol. The number of oxazole rings is 1. The fraction of sp³-hybridized carbons (Fsp3) is 0.133. The van der Waals surface area contributed by atoms with E-state index in [4.69, 9.17) is 16.0 Å². The lowest BCUT2D eigenvalue weighted by Crippen LogP contribution is -2.17.